The average molecular weight is 371 g/mol. The molecule has 1 saturated heterocycles. The van der Waals surface area contributed by atoms with Crippen molar-refractivity contribution in [2.75, 3.05) is 13.2 Å². The Morgan fingerprint density at radius 1 is 1.04 bits per heavy atom. The minimum absolute atomic E-state index is 0.0469. The molecule has 2 aliphatic carbocycles. The summed E-state index contributed by atoms with van der Waals surface area (Å²) in [6.45, 7) is 0.357. The number of carbonyl (C=O) groups is 2. The summed E-state index contributed by atoms with van der Waals surface area (Å²) in [4.78, 5) is 26.9. The molecule has 0 radical (unpaired) electrons. The van der Waals surface area contributed by atoms with E-state index in [0.717, 1.165) is 31.2 Å². The smallest absolute Gasteiger partial charge is 0.315 e. The Hall–Kier alpha value is -2.08. The van der Waals surface area contributed by atoms with E-state index >= 15 is 0 Å². The Kier molecular flexibility index (Phi) is 5.34. The van der Waals surface area contributed by atoms with Crippen molar-refractivity contribution < 1.29 is 14.7 Å². The Balaban J connectivity index is 1.44. The van der Waals surface area contributed by atoms with Crippen molar-refractivity contribution in [1.82, 2.24) is 15.5 Å². The molecule has 1 aromatic carbocycles. The van der Waals surface area contributed by atoms with Gasteiger partial charge in [-0.3, -0.25) is 4.79 Å². The van der Waals surface area contributed by atoms with E-state index in [-0.39, 0.29) is 48.5 Å². The molecule has 146 valence electrons. The van der Waals surface area contributed by atoms with Gasteiger partial charge in [0.05, 0.1) is 18.7 Å². The first kappa shape index (κ1) is 18.3. The first-order chi connectivity index (χ1) is 13.2. The fourth-order valence-corrected chi connectivity index (χ4v) is 4.67. The van der Waals surface area contributed by atoms with Crippen molar-refractivity contribution in [1.29, 1.82) is 0 Å². The molecular formula is C21H29N3O3. The Morgan fingerprint density at radius 2 is 1.74 bits per heavy atom. The van der Waals surface area contributed by atoms with E-state index in [9.17, 15) is 14.7 Å². The first-order valence-corrected chi connectivity index (χ1v) is 10.2. The predicted octanol–water partition coefficient (Wildman–Crippen LogP) is 1.99. The van der Waals surface area contributed by atoms with Gasteiger partial charge in [0.25, 0.3) is 0 Å². The van der Waals surface area contributed by atoms with Gasteiger partial charge in [-0.25, -0.2) is 4.79 Å². The summed E-state index contributed by atoms with van der Waals surface area (Å²) in [5.41, 5.74) is 1.11. The number of carbonyl (C=O) groups excluding carboxylic acids is 2. The topological polar surface area (TPSA) is 81.7 Å². The van der Waals surface area contributed by atoms with Gasteiger partial charge in [0, 0.05) is 24.4 Å². The normalized spacial score (nSPS) is 27.9. The second kappa shape index (κ2) is 7.89. The summed E-state index contributed by atoms with van der Waals surface area (Å²) < 4.78 is 0. The van der Waals surface area contributed by atoms with Gasteiger partial charge >= 0.3 is 6.03 Å². The number of amides is 3. The van der Waals surface area contributed by atoms with E-state index < -0.39 is 0 Å². The van der Waals surface area contributed by atoms with Gasteiger partial charge in [-0.2, -0.15) is 0 Å². The van der Waals surface area contributed by atoms with Gasteiger partial charge in [0.15, 0.2) is 0 Å². The molecule has 3 N–H and O–H groups in total. The lowest BCUT2D eigenvalue weighted by molar-refractivity contribution is -0.151. The van der Waals surface area contributed by atoms with Gasteiger partial charge in [0.1, 0.15) is 0 Å². The van der Waals surface area contributed by atoms with E-state index in [1.165, 1.54) is 12.8 Å². The molecule has 0 bridgehead atoms. The Bertz CT molecular complexity index is 671. The van der Waals surface area contributed by atoms with Crippen LogP contribution in [0.4, 0.5) is 4.79 Å². The lowest BCUT2D eigenvalue weighted by atomic mass is 9.74. The van der Waals surface area contributed by atoms with E-state index in [0.29, 0.717) is 6.54 Å². The third-order valence-corrected chi connectivity index (χ3v) is 6.26. The molecule has 3 amide bonds. The minimum Gasteiger partial charge on any atom is -0.394 e. The maximum absolute atomic E-state index is 12.8. The van der Waals surface area contributed by atoms with Crippen LogP contribution in [0.2, 0.25) is 0 Å². The molecule has 3 aliphatic rings. The van der Waals surface area contributed by atoms with Crippen molar-refractivity contribution in [3.8, 4) is 0 Å². The molecule has 0 spiro atoms. The monoisotopic (exact) mass is 371 g/mol. The number of nitrogens with one attached hydrogen (secondary N) is 2. The molecule has 27 heavy (non-hydrogen) atoms. The first-order valence-electron chi connectivity index (χ1n) is 10.2. The fourth-order valence-electron chi connectivity index (χ4n) is 4.67. The molecule has 3 fully saturated rings. The predicted molar refractivity (Wildman–Crippen MR) is 102 cm³/mol. The summed E-state index contributed by atoms with van der Waals surface area (Å²) in [5.74, 6) is 0.278. The third kappa shape index (κ3) is 3.81. The quantitative estimate of drug-likeness (QED) is 0.715. The van der Waals surface area contributed by atoms with E-state index in [2.05, 4.69) is 10.6 Å². The highest BCUT2D eigenvalue weighted by Crippen LogP contribution is 2.44. The molecule has 1 aromatic rings. The van der Waals surface area contributed by atoms with Crippen molar-refractivity contribution in [3.05, 3.63) is 35.9 Å². The van der Waals surface area contributed by atoms with Crippen molar-refractivity contribution in [2.45, 2.75) is 62.6 Å². The number of urea groups is 1. The van der Waals surface area contributed by atoms with Crippen LogP contribution in [0.5, 0.6) is 0 Å². The standard InChI is InChI=1S/C21H29N3O3/c25-13-18-19(14-6-2-1-3-7-14)17(24(18)20(26)15-10-11-15)12-22-21(27)23-16-8-4-5-9-16/h1-3,6-7,15-19,25H,4-5,8-13H2,(H2,22,23,27)/t17-,18-,19-/m1/s1. The van der Waals surface area contributed by atoms with E-state index in [1.54, 1.807) is 0 Å². The van der Waals surface area contributed by atoms with Crippen LogP contribution in [-0.2, 0) is 4.79 Å². The van der Waals surface area contributed by atoms with Crippen LogP contribution in [0.1, 0.15) is 50.0 Å². The molecule has 1 aliphatic heterocycles. The summed E-state index contributed by atoms with van der Waals surface area (Å²) >= 11 is 0. The zero-order valence-electron chi connectivity index (χ0n) is 15.6. The Morgan fingerprint density at radius 3 is 2.37 bits per heavy atom. The maximum Gasteiger partial charge on any atom is 0.315 e. The molecule has 6 nitrogen and oxygen atoms in total. The van der Waals surface area contributed by atoms with Crippen LogP contribution in [0.3, 0.4) is 0 Å². The number of benzene rings is 1. The second-order valence-electron chi connectivity index (χ2n) is 8.11. The average Bonchev–Trinajstić information content (AvgIpc) is 3.40. The van der Waals surface area contributed by atoms with Gasteiger partial charge in [-0.1, -0.05) is 43.2 Å². The Labute approximate surface area is 160 Å². The largest absolute Gasteiger partial charge is 0.394 e. The highest BCUT2D eigenvalue weighted by atomic mass is 16.3. The van der Waals surface area contributed by atoms with Crippen molar-refractivity contribution >= 4 is 11.9 Å². The highest BCUT2D eigenvalue weighted by molar-refractivity contribution is 5.83. The number of likely N-dealkylation sites (tertiary alicyclic amines) is 1. The molecule has 0 aromatic heterocycles. The molecule has 2 saturated carbocycles. The number of rotatable bonds is 6. The summed E-state index contributed by atoms with van der Waals surface area (Å²) in [6, 6.07) is 9.81. The van der Waals surface area contributed by atoms with Gasteiger partial charge in [-0.05, 0) is 31.2 Å². The molecule has 4 rings (SSSR count). The van der Waals surface area contributed by atoms with Crippen LogP contribution >= 0.6 is 0 Å². The van der Waals surface area contributed by atoms with Crippen LogP contribution in [0.25, 0.3) is 0 Å². The maximum atomic E-state index is 12.8. The lowest BCUT2D eigenvalue weighted by Crippen LogP contribution is -2.69. The molecular weight excluding hydrogens is 342 g/mol. The summed E-state index contributed by atoms with van der Waals surface area (Å²) in [6.07, 6.45) is 6.30. The zero-order valence-corrected chi connectivity index (χ0v) is 15.6. The molecule has 1 heterocycles. The molecule has 6 heteroatoms. The number of aliphatic hydroxyl groups excluding tert-OH is 1. The second-order valence-corrected chi connectivity index (χ2v) is 8.11. The van der Waals surface area contributed by atoms with E-state index in [4.69, 9.17) is 0 Å². The highest BCUT2D eigenvalue weighted by Gasteiger charge is 2.53. The fraction of sp³-hybridized carbons (Fsp3) is 0.619. The van der Waals surface area contributed by atoms with Crippen LogP contribution in [0, 0.1) is 5.92 Å². The van der Waals surface area contributed by atoms with Crippen molar-refractivity contribution in [2.24, 2.45) is 5.92 Å². The summed E-state index contributed by atoms with van der Waals surface area (Å²) in [5, 5.41) is 15.9. The number of hydrogen-bond acceptors (Lipinski definition) is 3. The van der Waals surface area contributed by atoms with Crippen molar-refractivity contribution in [3.63, 3.8) is 0 Å². The molecule has 3 atom stereocenters. The van der Waals surface area contributed by atoms with Gasteiger partial charge in [0.2, 0.25) is 5.91 Å². The number of nitrogens with zero attached hydrogens (tertiary/aromatic N) is 1. The number of hydrogen-bond donors (Lipinski definition) is 3. The van der Waals surface area contributed by atoms with Gasteiger partial charge in [-0.15, -0.1) is 0 Å². The van der Waals surface area contributed by atoms with Crippen LogP contribution < -0.4 is 10.6 Å². The van der Waals surface area contributed by atoms with Gasteiger partial charge < -0.3 is 20.6 Å². The number of aliphatic hydroxyl groups is 1. The third-order valence-electron chi connectivity index (χ3n) is 6.26. The summed E-state index contributed by atoms with van der Waals surface area (Å²) in [7, 11) is 0. The molecule has 0 unspecified atom stereocenters. The zero-order chi connectivity index (χ0) is 18.8. The lowest BCUT2D eigenvalue weighted by Gasteiger charge is -2.55. The minimum atomic E-state index is -0.204. The van der Waals surface area contributed by atoms with Crippen LogP contribution in [-0.4, -0.2) is 53.2 Å². The van der Waals surface area contributed by atoms with E-state index in [1.807, 2.05) is 35.2 Å². The van der Waals surface area contributed by atoms with Crippen LogP contribution in [0.15, 0.2) is 30.3 Å². The SMILES string of the molecule is O=C(NC[C@@H]1[C@@H](c2ccccc2)[C@@H](CO)N1C(=O)C1CC1)NC1CCCC1.